The molecule has 0 bridgehead atoms. The number of aromatic nitrogens is 6. The van der Waals surface area contributed by atoms with Gasteiger partial charge in [-0.15, -0.1) is 0 Å². The van der Waals surface area contributed by atoms with Gasteiger partial charge in [-0.1, -0.05) is 267 Å². The maximum Gasteiger partial charge on any atom is 0.164 e. The van der Waals surface area contributed by atoms with E-state index in [1.54, 1.807) is 0 Å². The minimum atomic E-state index is 0.566. The van der Waals surface area contributed by atoms with Gasteiger partial charge in [-0.3, -0.25) is 0 Å². The third-order valence-electron chi connectivity index (χ3n) is 18.0. The zero-order valence-corrected chi connectivity index (χ0v) is 50.5. The minimum Gasteiger partial charge on any atom is -0.456 e. The van der Waals surface area contributed by atoms with Gasteiger partial charge < -0.3 is 8.83 Å². The molecule has 0 N–H and O–H groups in total. The van der Waals surface area contributed by atoms with Gasteiger partial charge in [0.05, 0.1) is 0 Å². The van der Waals surface area contributed by atoms with Crippen molar-refractivity contribution in [2.45, 2.75) is 0 Å². The summed E-state index contributed by atoms with van der Waals surface area (Å²) in [6, 6.07) is 110. The summed E-state index contributed by atoms with van der Waals surface area (Å²) < 4.78 is 13.1. The Morgan fingerprint density at radius 2 is 0.596 bits per heavy atom. The third kappa shape index (κ3) is 9.56. The molecule has 18 rings (SSSR count). The number of fused-ring (bicyclic) bond motifs is 10. The Morgan fingerprint density at radius 3 is 1.21 bits per heavy atom. The van der Waals surface area contributed by atoms with Crippen molar-refractivity contribution in [1.82, 2.24) is 29.9 Å². The van der Waals surface area contributed by atoms with Crippen molar-refractivity contribution in [3.8, 4) is 124 Å². The van der Waals surface area contributed by atoms with Gasteiger partial charge in [-0.05, 0) is 120 Å². The Labute approximate surface area is 540 Å². The Kier molecular flexibility index (Phi) is 13.0. The molecule has 8 nitrogen and oxygen atoms in total. The summed E-state index contributed by atoms with van der Waals surface area (Å²) in [5.74, 6) is 3.54. The summed E-state index contributed by atoms with van der Waals surface area (Å²) in [6.07, 6.45) is 0. The fourth-order valence-electron chi connectivity index (χ4n) is 13.5. The predicted octanol–water partition coefficient (Wildman–Crippen LogP) is 22.5. The van der Waals surface area contributed by atoms with E-state index in [2.05, 4.69) is 206 Å². The van der Waals surface area contributed by atoms with Gasteiger partial charge in [0.15, 0.2) is 34.9 Å². The second kappa shape index (κ2) is 22.6. The molecule has 4 aromatic heterocycles. The topological polar surface area (TPSA) is 104 Å². The molecule has 18 aromatic rings. The second-order valence-corrected chi connectivity index (χ2v) is 23.6. The highest BCUT2D eigenvalue weighted by atomic mass is 16.3. The van der Waals surface area contributed by atoms with Gasteiger partial charge in [-0.2, -0.15) is 0 Å². The molecule has 0 fully saturated rings. The van der Waals surface area contributed by atoms with Gasteiger partial charge >= 0.3 is 0 Å². The molecule has 0 radical (unpaired) electrons. The quantitative estimate of drug-likeness (QED) is 0.126. The lowest BCUT2D eigenvalue weighted by Crippen LogP contribution is -2.01. The number of benzene rings is 14. The molecule has 0 spiro atoms. The molecule has 0 saturated carbocycles. The van der Waals surface area contributed by atoms with Crippen molar-refractivity contribution in [1.29, 1.82) is 0 Å². The summed E-state index contributed by atoms with van der Waals surface area (Å²) in [7, 11) is 0. The first-order chi connectivity index (χ1) is 46.6. The Morgan fingerprint density at radius 1 is 0.181 bits per heavy atom. The van der Waals surface area contributed by atoms with E-state index < -0.39 is 0 Å². The van der Waals surface area contributed by atoms with Crippen LogP contribution in [0, 0.1) is 0 Å². The van der Waals surface area contributed by atoms with Crippen molar-refractivity contribution in [3.05, 3.63) is 315 Å². The first kappa shape index (κ1) is 54.2. The monoisotopic (exact) mass is 1200 g/mol. The molecule has 0 unspecified atom stereocenters. The molecule has 0 saturated heterocycles. The largest absolute Gasteiger partial charge is 0.456 e. The lowest BCUT2D eigenvalue weighted by molar-refractivity contribution is 0.669. The van der Waals surface area contributed by atoms with Crippen molar-refractivity contribution in [3.63, 3.8) is 0 Å². The first-order valence-corrected chi connectivity index (χ1v) is 31.5. The second-order valence-electron chi connectivity index (χ2n) is 23.6. The molecule has 438 valence electrons. The maximum absolute atomic E-state index is 6.82. The van der Waals surface area contributed by atoms with E-state index in [4.69, 9.17) is 38.7 Å². The molecule has 0 aliphatic heterocycles. The van der Waals surface area contributed by atoms with Crippen molar-refractivity contribution in [2.75, 3.05) is 0 Å². The van der Waals surface area contributed by atoms with Crippen LogP contribution in [0.25, 0.3) is 189 Å². The number of hydrogen-bond donors (Lipinski definition) is 0. The normalized spacial score (nSPS) is 11.6. The molecular formula is C86H52N6O2. The van der Waals surface area contributed by atoms with Crippen LogP contribution in [0.3, 0.4) is 0 Å². The van der Waals surface area contributed by atoms with Crippen molar-refractivity contribution >= 4 is 65.4 Å². The number of nitrogens with zero attached hydrogens (tertiary/aromatic N) is 6. The van der Waals surface area contributed by atoms with Crippen LogP contribution in [-0.2, 0) is 0 Å². The standard InChI is InChI=1S/C86H52N6O2/c1-4-21-54(22-5-1)81-87-82(55-23-6-2-7-24-55)90-85(89-81)71-34-14-11-30-64(71)58-27-20-28-59(49-58)74-51-62(52-75-68(74)46-47-70-69-33-16-18-37-76(69)94-80(70)75)53-39-41-57(42-40-53)84-88-83(56-25-8-3-9-26-56)91-86(92-84)72-35-15-13-32-67(72)66-31-12-10-29-63(66)60-43-45-65-61(50-60)44-48-78-79(65)73-36-17-19-38-77(73)93-78/h1-52H. The van der Waals surface area contributed by atoms with Crippen LogP contribution in [0.15, 0.2) is 324 Å². The first-order valence-electron chi connectivity index (χ1n) is 31.5. The van der Waals surface area contributed by atoms with Crippen molar-refractivity contribution < 1.29 is 8.83 Å². The van der Waals surface area contributed by atoms with Gasteiger partial charge in [0.25, 0.3) is 0 Å². The number of rotatable bonds is 11. The molecular weight excluding hydrogens is 1150 g/mol. The summed E-state index contributed by atoms with van der Waals surface area (Å²) >= 11 is 0. The van der Waals surface area contributed by atoms with Crippen LogP contribution in [0.1, 0.15) is 0 Å². The van der Waals surface area contributed by atoms with Crippen LogP contribution >= 0.6 is 0 Å². The molecule has 0 aliphatic rings. The highest BCUT2D eigenvalue weighted by molar-refractivity contribution is 6.20. The van der Waals surface area contributed by atoms with Gasteiger partial charge in [-0.25, -0.2) is 29.9 Å². The molecule has 94 heavy (non-hydrogen) atoms. The van der Waals surface area contributed by atoms with Crippen LogP contribution in [0.2, 0.25) is 0 Å². The van der Waals surface area contributed by atoms with E-state index >= 15 is 0 Å². The summed E-state index contributed by atoms with van der Waals surface area (Å²) in [5.41, 5.74) is 19.3. The minimum absolute atomic E-state index is 0.566. The molecule has 0 amide bonds. The van der Waals surface area contributed by atoms with E-state index in [0.717, 1.165) is 154 Å². The maximum atomic E-state index is 6.82. The molecule has 4 heterocycles. The average Bonchev–Trinajstić information content (AvgIpc) is 1.50. The van der Waals surface area contributed by atoms with E-state index in [1.807, 2.05) is 109 Å². The van der Waals surface area contributed by atoms with Crippen LogP contribution < -0.4 is 0 Å². The van der Waals surface area contributed by atoms with Crippen LogP contribution in [0.4, 0.5) is 0 Å². The smallest absolute Gasteiger partial charge is 0.164 e. The SMILES string of the molecule is c1ccc(-c2nc(-c3ccccc3)nc(-c3ccccc3-c3cccc(-c4cc(-c5ccc(-c6nc(-c7ccccc7)nc(-c7ccccc7-c7ccccc7-c7ccc8c(ccc9oc%10ccccc%10c98)c7)n6)cc5)cc5c4ccc4c6ccccc6oc54)c3)n2)cc1. The fraction of sp³-hybridized carbons (Fsp3) is 0. The summed E-state index contributed by atoms with van der Waals surface area (Å²) in [6.45, 7) is 0. The highest BCUT2D eigenvalue weighted by Crippen LogP contribution is 2.45. The average molecular weight is 1200 g/mol. The fourth-order valence-corrected chi connectivity index (χ4v) is 13.5. The molecule has 14 aromatic carbocycles. The highest BCUT2D eigenvalue weighted by Gasteiger charge is 2.22. The van der Waals surface area contributed by atoms with Crippen molar-refractivity contribution in [2.24, 2.45) is 0 Å². The van der Waals surface area contributed by atoms with E-state index in [9.17, 15) is 0 Å². The Bertz CT molecular complexity index is 5930. The number of para-hydroxylation sites is 2. The molecule has 8 heteroatoms. The number of furan rings is 2. The van der Waals surface area contributed by atoms with Gasteiger partial charge in [0.1, 0.15) is 22.3 Å². The lowest BCUT2D eigenvalue weighted by Gasteiger charge is -2.16. The van der Waals surface area contributed by atoms with E-state index in [0.29, 0.717) is 34.9 Å². The Hall–Kier alpha value is -12.8. The molecule has 0 atom stereocenters. The summed E-state index contributed by atoms with van der Waals surface area (Å²) in [5, 5.41) is 8.78. The lowest BCUT2D eigenvalue weighted by atomic mass is 9.90. The van der Waals surface area contributed by atoms with Crippen LogP contribution in [0.5, 0.6) is 0 Å². The summed E-state index contributed by atoms with van der Waals surface area (Å²) in [4.78, 5) is 31.2. The zero-order chi connectivity index (χ0) is 62.1. The predicted molar refractivity (Wildman–Crippen MR) is 383 cm³/mol. The van der Waals surface area contributed by atoms with E-state index in [-0.39, 0.29) is 0 Å². The van der Waals surface area contributed by atoms with Gasteiger partial charge in [0.2, 0.25) is 0 Å². The Balaban J connectivity index is 0.742. The van der Waals surface area contributed by atoms with Crippen LogP contribution in [-0.4, -0.2) is 29.9 Å². The number of hydrogen-bond acceptors (Lipinski definition) is 8. The van der Waals surface area contributed by atoms with E-state index in [1.165, 1.54) is 0 Å². The third-order valence-corrected chi connectivity index (χ3v) is 18.0. The molecule has 0 aliphatic carbocycles. The van der Waals surface area contributed by atoms with Gasteiger partial charge in [0, 0.05) is 60.3 Å². The zero-order valence-electron chi connectivity index (χ0n) is 50.5.